The smallest absolute Gasteiger partial charge is 0.465 e. The predicted octanol–water partition coefficient (Wildman–Crippen LogP) is 11.0. The molecule has 2 N–H and O–H groups in total. The van der Waals surface area contributed by atoms with Gasteiger partial charge in [0.1, 0.15) is 16.8 Å². The number of cyclic esters (lactones) is 1. The van der Waals surface area contributed by atoms with Gasteiger partial charge in [0, 0.05) is 55.7 Å². The SMILES string of the molecule is CC(C)(C)OC(=O)C[C@@H]1COC(=O)C1.Cc1cc(I)ccc1Br.Cc1cc(N2C[C@@H](NC(=O)OC(C)(C)C)CC2=O)ccc1B1OC(C)(C)C(C)(C)O1.Cc1cc(N2C[C@@H](NC(=O)OC(C)(C)C)CC2=O)ccc1Br. The van der Waals surface area contributed by atoms with E-state index in [9.17, 15) is 28.8 Å². The van der Waals surface area contributed by atoms with E-state index in [-0.39, 0.29) is 61.0 Å². The summed E-state index contributed by atoms with van der Waals surface area (Å²) in [5, 5.41) is 5.55. The van der Waals surface area contributed by atoms with E-state index in [2.05, 4.69) is 90.2 Å². The molecule has 3 atom stereocenters. The highest BCUT2D eigenvalue weighted by Gasteiger charge is 2.52. The molecule has 0 aromatic heterocycles. The van der Waals surface area contributed by atoms with E-state index in [1.54, 1.807) is 9.80 Å². The number of aryl methyl sites for hydroxylation is 3. The highest BCUT2D eigenvalue weighted by Crippen LogP contribution is 2.37. The third-order valence-electron chi connectivity index (χ3n) is 12.1. The molecule has 75 heavy (non-hydrogen) atoms. The summed E-state index contributed by atoms with van der Waals surface area (Å²) in [5.41, 5.74) is 3.54. The Morgan fingerprint density at radius 1 is 0.653 bits per heavy atom. The maximum Gasteiger partial charge on any atom is 0.495 e. The van der Waals surface area contributed by atoms with Gasteiger partial charge >= 0.3 is 31.2 Å². The minimum absolute atomic E-state index is 0.00245. The van der Waals surface area contributed by atoms with E-state index in [0.29, 0.717) is 26.1 Å². The minimum Gasteiger partial charge on any atom is -0.465 e. The van der Waals surface area contributed by atoms with Crippen LogP contribution in [0.4, 0.5) is 21.0 Å². The van der Waals surface area contributed by atoms with Gasteiger partial charge in [0.2, 0.25) is 11.8 Å². The van der Waals surface area contributed by atoms with E-state index < -0.39 is 47.3 Å². The monoisotopic (exact) mass is 1280 g/mol. The molecule has 0 bridgehead atoms. The number of hydrogen-bond donors (Lipinski definition) is 2. The zero-order valence-corrected chi connectivity index (χ0v) is 51.7. The van der Waals surface area contributed by atoms with E-state index in [1.165, 1.54) is 13.6 Å². The van der Waals surface area contributed by atoms with Crippen LogP contribution in [0.5, 0.6) is 0 Å². The van der Waals surface area contributed by atoms with Crippen LogP contribution in [0.3, 0.4) is 0 Å². The predicted molar refractivity (Wildman–Crippen MR) is 307 cm³/mol. The number of ether oxygens (including phenoxy) is 4. The van der Waals surface area contributed by atoms with Crippen molar-refractivity contribution in [1.82, 2.24) is 10.6 Å². The van der Waals surface area contributed by atoms with E-state index in [1.807, 2.05) is 140 Å². The summed E-state index contributed by atoms with van der Waals surface area (Å²) in [5.74, 6) is -0.515. The number of anilines is 2. The molecule has 20 heteroatoms. The number of nitrogens with zero attached hydrogens (tertiary/aromatic N) is 2. The van der Waals surface area contributed by atoms with Gasteiger partial charge in [0.15, 0.2) is 0 Å². The fourth-order valence-electron chi connectivity index (χ4n) is 7.84. The Bertz CT molecular complexity index is 2540. The molecule has 412 valence electrons. The van der Waals surface area contributed by atoms with Crippen LogP contribution in [-0.4, -0.2) is 103 Å². The lowest BCUT2D eigenvalue weighted by molar-refractivity contribution is -0.156. The van der Waals surface area contributed by atoms with Gasteiger partial charge in [0.25, 0.3) is 0 Å². The second-order valence-corrected chi connectivity index (χ2v) is 26.1. The normalized spacial score (nSPS) is 19.9. The molecule has 0 spiro atoms. The van der Waals surface area contributed by atoms with Gasteiger partial charge < -0.3 is 48.7 Å². The summed E-state index contributed by atoms with van der Waals surface area (Å²) in [6, 6.07) is 17.4. The number of amides is 4. The summed E-state index contributed by atoms with van der Waals surface area (Å²) in [6.45, 7) is 31.7. The number of esters is 2. The van der Waals surface area contributed by atoms with Crippen LogP contribution < -0.4 is 25.9 Å². The van der Waals surface area contributed by atoms with Crippen molar-refractivity contribution in [3.05, 3.63) is 83.8 Å². The minimum atomic E-state index is -0.577. The fourth-order valence-corrected chi connectivity index (χ4v) is 8.98. The zero-order chi connectivity index (χ0) is 56.6. The summed E-state index contributed by atoms with van der Waals surface area (Å²) in [7, 11) is -0.445. The van der Waals surface area contributed by atoms with Crippen molar-refractivity contribution in [1.29, 1.82) is 0 Å². The van der Waals surface area contributed by atoms with Crippen LogP contribution in [0.25, 0.3) is 0 Å². The van der Waals surface area contributed by atoms with Gasteiger partial charge in [-0.2, -0.15) is 0 Å². The van der Waals surface area contributed by atoms with Crippen LogP contribution in [0.2, 0.25) is 0 Å². The highest BCUT2D eigenvalue weighted by molar-refractivity contribution is 14.1. The maximum atomic E-state index is 12.6. The van der Waals surface area contributed by atoms with Crippen molar-refractivity contribution in [2.45, 2.75) is 177 Å². The Balaban J connectivity index is 0.000000236. The van der Waals surface area contributed by atoms with E-state index in [4.69, 9.17) is 28.3 Å². The molecule has 7 rings (SSSR count). The number of nitrogens with one attached hydrogen (secondary N) is 2. The topological polar surface area (TPSA) is 188 Å². The summed E-state index contributed by atoms with van der Waals surface area (Å²) in [6.07, 6.45) is 0.141. The number of carbonyl (C=O) groups is 6. The molecular formula is C55H76BBr2IN4O12. The Kier molecular flexibility index (Phi) is 21.9. The fraction of sp³-hybridized carbons (Fsp3) is 0.564. The molecule has 0 aliphatic carbocycles. The quantitative estimate of drug-likeness (QED) is 0.0987. The second-order valence-electron chi connectivity index (χ2n) is 23.1. The van der Waals surface area contributed by atoms with Crippen molar-refractivity contribution in [2.24, 2.45) is 5.92 Å². The molecule has 0 radical (unpaired) electrons. The number of carbonyl (C=O) groups excluding carboxylic acids is 6. The van der Waals surface area contributed by atoms with Gasteiger partial charge in [-0.25, -0.2) is 9.59 Å². The molecule has 4 amide bonds. The van der Waals surface area contributed by atoms with Crippen LogP contribution >= 0.6 is 54.5 Å². The molecular weight excluding hydrogens is 1210 g/mol. The highest BCUT2D eigenvalue weighted by atomic mass is 127. The Morgan fingerprint density at radius 3 is 1.47 bits per heavy atom. The van der Waals surface area contributed by atoms with Crippen LogP contribution in [-0.2, 0) is 47.4 Å². The first-order chi connectivity index (χ1) is 34.4. The largest absolute Gasteiger partial charge is 0.495 e. The van der Waals surface area contributed by atoms with Crippen molar-refractivity contribution >= 4 is 114 Å². The maximum absolute atomic E-state index is 12.6. The standard InChI is InChI=1S/C22H33BN2O5.C16H21BrN2O3.C10H16O4.C7H6BrI/c1-14-11-16(9-10-17(14)23-29-21(5,6)22(7,8)30-23)25-13-15(12-18(25)26)24-19(27)28-20(2,3)4;1-10-7-12(5-6-13(10)17)19-9-11(8-14(19)20)18-15(21)22-16(2,3)4;1-10(2,3)14-9(12)5-7-4-8(11)13-6-7;1-5-4-6(9)2-3-7(5)8/h9-11,15H,12-13H2,1-8H3,(H,24,27);5-7,11H,8-9H2,1-4H3,(H,18,21);7H,4-6H2,1-3H3;2-4H,1H3/t15-;11-;7-;/m001./s1. The van der Waals surface area contributed by atoms with Crippen molar-refractivity contribution in [2.75, 3.05) is 29.5 Å². The first-order valence-electron chi connectivity index (χ1n) is 25.0. The van der Waals surface area contributed by atoms with Crippen molar-refractivity contribution < 1.29 is 57.0 Å². The lowest BCUT2D eigenvalue weighted by atomic mass is 9.76. The number of hydrogen-bond acceptors (Lipinski definition) is 12. The zero-order valence-electron chi connectivity index (χ0n) is 46.4. The van der Waals surface area contributed by atoms with Crippen LogP contribution in [0, 0.1) is 30.3 Å². The molecule has 4 heterocycles. The van der Waals surface area contributed by atoms with Gasteiger partial charge in [-0.1, -0.05) is 37.9 Å². The number of alkyl carbamates (subject to hydrolysis) is 2. The average molecular weight is 1280 g/mol. The first-order valence-corrected chi connectivity index (χ1v) is 27.7. The van der Waals surface area contributed by atoms with Crippen molar-refractivity contribution in [3.8, 4) is 0 Å². The molecule has 4 saturated heterocycles. The second kappa shape index (κ2) is 25.9. The number of benzene rings is 3. The third kappa shape index (κ3) is 20.2. The summed E-state index contributed by atoms with van der Waals surface area (Å²) < 4.78 is 36.2. The Hall–Kier alpha value is -4.25. The lowest BCUT2D eigenvalue weighted by Crippen LogP contribution is -2.41. The third-order valence-corrected chi connectivity index (χ3v) is 14.6. The van der Waals surface area contributed by atoms with E-state index in [0.717, 1.165) is 32.4 Å². The van der Waals surface area contributed by atoms with Gasteiger partial charge in [-0.15, -0.1) is 0 Å². The molecule has 4 aliphatic rings. The molecule has 3 aromatic rings. The van der Waals surface area contributed by atoms with Gasteiger partial charge in [0.05, 0.1) is 42.7 Å². The van der Waals surface area contributed by atoms with Crippen LogP contribution in [0.15, 0.2) is 63.5 Å². The van der Waals surface area contributed by atoms with Gasteiger partial charge in [-0.05, 0) is 204 Å². The Morgan fingerprint density at radius 2 is 1.08 bits per heavy atom. The lowest BCUT2D eigenvalue weighted by Gasteiger charge is -2.32. The summed E-state index contributed by atoms with van der Waals surface area (Å²) >= 11 is 9.18. The molecule has 4 aliphatic heterocycles. The average Bonchev–Trinajstić information content (AvgIpc) is 3.98. The number of halogens is 3. The summed E-state index contributed by atoms with van der Waals surface area (Å²) in [4.78, 5) is 74.0. The van der Waals surface area contributed by atoms with Crippen LogP contribution in [0.1, 0.15) is 132 Å². The van der Waals surface area contributed by atoms with E-state index >= 15 is 0 Å². The van der Waals surface area contributed by atoms with Gasteiger partial charge in [-0.3, -0.25) is 19.2 Å². The van der Waals surface area contributed by atoms with Crippen molar-refractivity contribution in [3.63, 3.8) is 0 Å². The molecule has 0 unspecified atom stereocenters. The molecule has 16 nitrogen and oxygen atoms in total. The first kappa shape index (κ1) is 63.3. The molecule has 3 aromatic carbocycles. The Labute approximate surface area is 474 Å². The molecule has 0 saturated carbocycles. The number of rotatable bonds is 7. The molecule has 4 fully saturated rings.